The van der Waals surface area contributed by atoms with E-state index in [0.29, 0.717) is 19.7 Å². The molecule has 4 nitrogen and oxygen atoms in total. The van der Waals surface area contributed by atoms with E-state index in [1.54, 1.807) is 12.0 Å². The molecule has 1 aliphatic rings. The van der Waals surface area contributed by atoms with Crippen molar-refractivity contribution in [1.82, 2.24) is 4.90 Å². The van der Waals surface area contributed by atoms with Crippen molar-refractivity contribution in [3.05, 3.63) is 0 Å². The summed E-state index contributed by atoms with van der Waals surface area (Å²) in [5, 5.41) is 0. The lowest BCUT2D eigenvalue weighted by molar-refractivity contribution is -0.169. The Kier molecular flexibility index (Phi) is 4.89. The Balaban J connectivity index is 2.62. The molecule has 0 aliphatic carbocycles. The summed E-state index contributed by atoms with van der Waals surface area (Å²) in [6, 6.07) is 0. The molecule has 0 aromatic rings. The molecule has 2 atom stereocenters. The van der Waals surface area contributed by atoms with E-state index in [2.05, 4.69) is 0 Å². The van der Waals surface area contributed by atoms with Gasteiger partial charge >= 0.3 is 0 Å². The maximum absolute atomic E-state index is 12.8. The zero-order valence-electron chi connectivity index (χ0n) is 11.0. The molecule has 1 fully saturated rings. The SMILES string of the molecule is COCC1CN(C(=O)CC(C)F)CC(C)(C)O1. The van der Waals surface area contributed by atoms with Crippen LogP contribution in [0.1, 0.15) is 27.2 Å². The van der Waals surface area contributed by atoms with Crippen LogP contribution in [0.25, 0.3) is 0 Å². The number of morpholine rings is 1. The van der Waals surface area contributed by atoms with Crippen molar-refractivity contribution in [2.24, 2.45) is 0 Å². The van der Waals surface area contributed by atoms with Crippen LogP contribution in [0.2, 0.25) is 0 Å². The number of alkyl halides is 1. The number of halogens is 1. The predicted octanol–water partition coefficient (Wildman–Crippen LogP) is 1.39. The molecule has 0 radical (unpaired) electrons. The fourth-order valence-electron chi connectivity index (χ4n) is 2.13. The Morgan fingerprint density at radius 1 is 1.65 bits per heavy atom. The molecule has 100 valence electrons. The molecule has 1 amide bonds. The first-order valence-electron chi connectivity index (χ1n) is 5.92. The van der Waals surface area contributed by atoms with Crippen LogP contribution < -0.4 is 0 Å². The molecule has 1 aliphatic heterocycles. The summed E-state index contributed by atoms with van der Waals surface area (Å²) in [4.78, 5) is 13.5. The average molecular weight is 247 g/mol. The largest absolute Gasteiger partial charge is 0.382 e. The zero-order valence-corrected chi connectivity index (χ0v) is 11.0. The Hall–Kier alpha value is -0.680. The predicted molar refractivity (Wildman–Crippen MR) is 62.6 cm³/mol. The maximum atomic E-state index is 12.8. The molecule has 0 bridgehead atoms. The number of amides is 1. The highest BCUT2D eigenvalue weighted by molar-refractivity contribution is 5.76. The van der Waals surface area contributed by atoms with E-state index in [4.69, 9.17) is 9.47 Å². The highest BCUT2D eigenvalue weighted by Gasteiger charge is 2.35. The van der Waals surface area contributed by atoms with Crippen molar-refractivity contribution in [2.45, 2.75) is 45.1 Å². The van der Waals surface area contributed by atoms with Gasteiger partial charge in [-0.1, -0.05) is 0 Å². The summed E-state index contributed by atoms with van der Waals surface area (Å²) in [6.45, 7) is 6.66. The monoisotopic (exact) mass is 247 g/mol. The third-order valence-electron chi connectivity index (χ3n) is 2.64. The first kappa shape index (κ1) is 14.4. The topological polar surface area (TPSA) is 38.8 Å². The minimum atomic E-state index is -1.10. The average Bonchev–Trinajstić information content (AvgIpc) is 2.14. The van der Waals surface area contributed by atoms with Gasteiger partial charge in [-0.3, -0.25) is 4.79 Å². The van der Waals surface area contributed by atoms with Crippen LogP contribution in [0.5, 0.6) is 0 Å². The van der Waals surface area contributed by atoms with E-state index < -0.39 is 11.8 Å². The third kappa shape index (κ3) is 4.60. The van der Waals surface area contributed by atoms with Gasteiger partial charge in [0.25, 0.3) is 0 Å². The van der Waals surface area contributed by atoms with Crippen LogP contribution >= 0.6 is 0 Å². The molecule has 0 aromatic carbocycles. The van der Waals surface area contributed by atoms with Crippen LogP contribution in [0.15, 0.2) is 0 Å². The van der Waals surface area contributed by atoms with Crippen molar-refractivity contribution in [1.29, 1.82) is 0 Å². The van der Waals surface area contributed by atoms with E-state index >= 15 is 0 Å². The van der Waals surface area contributed by atoms with Gasteiger partial charge in [-0.05, 0) is 20.8 Å². The molecule has 1 heterocycles. The third-order valence-corrected chi connectivity index (χ3v) is 2.64. The van der Waals surface area contributed by atoms with Crippen LogP contribution in [0.4, 0.5) is 4.39 Å². The number of ether oxygens (including phenoxy) is 2. The van der Waals surface area contributed by atoms with Crippen molar-refractivity contribution >= 4 is 5.91 Å². The summed E-state index contributed by atoms with van der Waals surface area (Å²) in [5.74, 6) is -0.155. The summed E-state index contributed by atoms with van der Waals surface area (Å²) >= 11 is 0. The number of methoxy groups -OCH3 is 1. The van der Waals surface area contributed by atoms with Gasteiger partial charge in [-0.2, -0.15) is 0 Å². The van der Waals surface area contributed by atoms with Crippen molar-refractivity contribution in [3.8, 4) is 0 Å². The Morgan fingerprint density at radius 2 is 2.29 bits per heavy atom. The lowest BCUT2D eigenvalue weighted by atomic mass is 10.0. The van der Waals surface area contributed by atoms with Crippen LogP contribution in [-0.2, 0) is 14.3 Å². The number of nitrogens with zero attached hydrogens (tertiary/aromatic N) is 1. The van der Waals surface area contributed by atoms with Crippen LogP contribution in [0.3, 0.4) is 0 Å². The van der Waals surface area contributed by atoms with Gasteiger partial charge < -0.3 is 14.4 Å². The van der Waals surface area contributed by atoms with Crippen LogP contribution in [0, 0.1) is 0 Å². The Morgan fingerprint density at radius 3 is 2.82 bits per heavy atom. The van der Waals surface area contributed by atoms with E-state index in [1.165, 1.54) is 6.92 Å². The van der Waals surface area contributed by atoms with Crippen molar-refractivity contribution in [3.63, 3.8) is 0 Å². The summed E-state index contributed by atoms with van der Waals surface area (Å²) in [5.41, 5.74) is -0.406. The molecule has 17 heavy (non-hydrogen) atoms. The lowest BCUT2D eigenvalue weighted by Gasteiger charge is -2.42. The van der Waals surface area contributed by atoms with Gasteiger partial charge in [0.15, 0.2) is 0 Å². The van der Waals surface area contributed by atoms with E-state index in [1.807, 2.05) is 13.8 Å². The van der Waals surface area contributed by atoms with Gasteiger partial charge in [-0.15, -0.1) is 0 Å². The molecular weight excluding hydrogens is 225 g/mol. The molecule has 0 aromatic heterocycles. The quantitative estimate of drug-likeness (QED) is 0.753. The minimum absolute atomic E-state index is 0.0597. The zero-order chi connectivity index (χ0) is 13.1. The fourth-order valence-corrected chi connectivity index (χ4v) is 2.13. The molecule has 1 rings (SSSR count). The second kappa shape index (κ2) is 5.78. The normalized spacial score (nSPS) is 25.7. The van der Waals surface area contributed by atoms with Gasteiger partial charge in [0, 0.05) is 20.2 Å². The smallest absolute Gasteiger partial charge is 0.225 e. The maximum Gasteiger partial charge on any atom is 0.225 e. The number of carbonyl (C=O) groups excluding carboxylic acids is 1. The summed E-state index contributed by atoms with van der Waals surface area (Å²) in [7, 11) is 1.60. The minimum Gasteiger partial charge on any atom is -0.382 e. The fraction of sp³-hybridized carbons (Fsp3) is 0.917. The number of rotatable bonds is 4. The molecular formula is C12H22FNO3. The molecule has 0 N–H and O–H groups in total. The molecule has 0 spiro atoms. The summed E-state index contributed by atoms with van der Waals surface area (Å²) < 4.78 is 23.7. The van der Waals surface area contributed by atoms with E-state index in [0.717, 1.165) is 0 Å². The lowest BCUT2D eigenvalue weighted by Crippen LogP contribution is -2.55. The molecule has 0 saturated carbocycles. The second-order valence-corrected chi connectivity index (χ2v) is 5.21. The van der Waals surface area contributed by atoms with E-state index in [9.17, 15) is 9.18 Å². The van der Waals surface area contributed by atoms with E-state index in [-0.39, 0.29) is 18.4 Å². The summed E-state index contributed by atoms with van der Waals surface area (Å²) in [6.07, 6.45) is -1.30. The molecule has 2 unspecified atom stereocenters. The highest BCUT2D eigenvalue weighted by Crippen LogP contribution is 2.22. The number of carbonyl (C=O) groups is 1. The van der Waals surface area contributed by atoms with Crippen LogP contribution in [-0.4, -0.2) is 55.5 Å². The van der Waals surface area contributed by atoms with Crippen molar-refractivity contribution < 1.29 is 18.7 Å². The van der Waals surface area contributed by atoms with Crippen molar-refractivity contribution in [2.75, 3.05) is 26.8 Å². The molecule has 1 saturated heterocycles. The number of hydrogen-bond donors (Lipinski definition) is 0. The standard InChI is InChI=1S/C12H22FNO3/c1-9(13)5-11(15)14-6-10(7-16-4)17-12(2,3)8-14/h9-10H,5-8H2,1-4H3. The second-order valence-electron chi connectivity index (χ2n) is 5.21. The van der Waals surface area contributed by atoms with Gasteiger partial charge in [0.2, 0.25) is 5.91 Å². The molecule has 5 heteroatoms. The highest BCUT2D eigenvalue weighted by atomic mass is 19.1. The van der Waals surface area contributed by atoms with Gasteiger partial charge in [0.05, 0.1) is 24.7 Å². The first-order valence-corrected chi connectivity index (χ1v) is 5.92. The van der Waals surface area contributed by atoms with Gasteiger partial charge in [-0.25, -0.2) is 4.39 Å². The Bertz CT molecular complexity index is 268. The Labute approximate surface area is 102 Å². The van der Waals surface area contributed by atoms with Gasteiger partial charge in [0.1, 0.15) is 6.17 Å². The number of hydrogen-bond acceptors (Lipinski definition) is 3. The first-order chi connectivity index (χ1) is 7.84.